The van der Waals surface area contributed by atoms with E-state index in [9.17, 15) is 4.79 Å². The highest BCUT2D eigenvalue weighted by Gasteiger charge is 2.23. The van der Waals surface area contributed by atoms with E-state index in [0.29, 0.717) is 24.0 Å². The Morgan fingerprint density at radius 3 is 2.83 bits per heavy atom. The maximum atomic E-state index is 12.2. The van der Waals surface area contributed by atoms with Crippen molar-refractivity contribution in [2.75, 3.05) is 13.1 Å². The molecular weight excluding hydrogens is 334 g/mol. The molecule has 23 heavy (non-hydrogen) atoms. The number of carbonyl (C=O) groups excluding carboxylic acids is 1. The molecule has 0 atom stereocenters. The number of carbonyl (C=O) groups is 1. The Balaban J connectivity index is 1.51. The Labute approximate surface area is 143 Å². The van der Waals surface area contributed by atoms with Gasteiger partial charge in [-0.25, -0.2) is 0 Å². The van der Waals surface area contributed by atoms with Crippen molar-refractivity contribution < 1.29 is 9.53 Å². The third kappa shape index (κ3) is 4.30. The standard InChI is InChI=1S/C16H16ClN3O2S/c17-14-4-2-1-3-12(14)5-6-16(21)20-9-7-13(8-10-20)22-15-11-18-23-19-15/h1-6,11,13H,7-10H2/b6-5+. The van der Waals surface area contributed by atoms with Gasteiger partial charge in [0.25, 0.3) is 0 Å². The van der Waals surface area contributed by atoms with Gasteiger partial charge in [-0.2, -0.15) is 4.37 Å². The molecule has 7 heteroatoms. The van der Waals surface area contributed by atoms with Gasteiger partial charge in [-0.3, -0.25) is 4.79 Å². The number of likely N-dealkylation sites (tertiary alicyclic amines) is 1. The molecule has 0 radical (unpaired) electrons. The number of ether oxygens (including phenoxy) is 1. The number of hydrogen-bond acceptors (Lipinski definition) is 5. The summed E-state index contributed by atoms with van der Waals surface area (Å²) in [5, 5.41) is 0.639. The number of rotatable bonds is 4. The van der Waals surface area contributed by atoms with Crippen molar-refractivity contribution in [1.82, 2.24) is 13.6 Å². The summed E-state index contributed by atoms with van der Waals surface area (Å²) in [5.74, 6) is 0.567. The van der Waals surface area contributed by atoms with Crippen molar-refractivity contribution in [3.63, 3.8) is 0 Å². The quantitative estimate of drug-likeness (QED) is 0.795. The van der Waals surface area contributed by atoms with Crippen LogP contribution in [0.1, 0.15) is 18.4 Å². The number of nitrogens with zero attached hydrogens (tertiary/aromatic N) is 3. The van der Waals surface area contributed by atoms with Crippen LogP contribution in [-0.2, 0) is 4.79 Å². The molecule has 1 amide bonds. The first-order chi connectivity index (χ1) is 11.2. The third-order valence-electron chi connectivity index (χ3n) is 3.69. The number of amides is 1. The fraction of sp³-hybridized carbons (Fsp3) is 0.312. The van der Waals surface area contributed by atoms with E-state index in [1.807, 2.05) is 29.2 Å². The van der Waals surface area contributed by atoms with Crippen molar-refractivity contribution >= 4 is 35.3 Å². The molecule has 1 fully saturated rings. The first-order valence-corrected chi connectivity index (χ1v) is 8.49. The molecule has 0 N–H and O–H groups in total. The molecule has 5 nitrogen and oxygen atoms in total. The second kappa shape index (κ2) is 7.57. The Hall–Kier alpha value is -1.92. The molecule has 0 bridgehead atoms. The molecule has 1 aromatic carbocycles. The molecule has 0 aliphatic carbocycles. The molecule has 1 aliphatic heterocycles. The van der Waals surface area contributed by atoms with Gasteiger partial charge in [-0.05, 0) is 17.7 Å². The van der Waals surface area contributed by atoms with Crippen LogP contribution in [-0.4, -0.2) is 38.7 Å². The lowest BCUT2D eigenvalue weighted by Gasteiger charge is -2.30. The summed E-state index contributed by atoms with van der Waals surface area (Å²) in [6, 6.07) is 7.45. The highest BCUT2D eigenvalue weighted by atomic mass is 35.5. The Bertz CT molecular complexity index is 682. The van der Waals surface area contributed by atoms with E-state index in [2.05, 4.69) is 8.75 Å². The molecule has 0 spiro atoms. The monoisotopic (exact) mass is 349 g/mol. The predicted octanol–water partition coefficient (Wildman–Crippen LogP) is 3.27. The largest absolute Gasteiger partial charge is 0.472 e. The van der Waals surface area contributed by atoms with Crippen molar-refractivity contribution in [3.05, 3.63) is 47.1 Å². The van der Waals surface area contributed by atoms with E-state index >= 15 is 0 Å². The fourth-order valence-corrected chi connectivity index (χ4v) is 3.00. The number of aromatic nitrogens is 2. The topological polar surface area (TPSA) is 55.3 Å². The van der Waals surface area contributed by atoms with Crippen molar-refractivity contribution in [1.29, 1.82) is 0 Å². The van der Waals surface area contributed by atoms with E-state index < -0.39 is 0 Å². The van der Waals surface area contributed by atoms with Gasteiger partial charge < -0.3 is 9.64 Å². The number of piperidine rings is 1. The fourth-order valence-electron chi connectivity index (χ4n) is 2.45. The molecule has 1 aromatic heterocycles. The number of benzene rings is 1. The van der Waals surface area contributed by atoms with Gasteiger partial charge in [-0.15, -0.1) is 4.37 Å². The second-order valence-electron chi connectivity index (χ2n) is 5.24. The lowest BCUT2D eigenvalue weighted by Crippen LogP contribution is -2.41. The van der Waals surface area contributed by atoms with Gasteiger partial charge in [0.1, 0.15) is 12.3 Å². The Morgan fingerprint density at radius 1 is 1.35 bits per heavy atom. The van der Waals surface area contributed by atoms with E-state index in [1.54, 1.807) is 18.3 Å². The van der Waals surface area contributed by atoms with Crippen molar-refractivity contribution in [3.8, 4) is 5.88 Å². The summed E-state index contributed by atoms with van der Waals surface area (Å²) in [4.78, 5) is 14.1. The first kappa shape index (κ1) is 16.0. The minimum absolute atomic E-state index is 0.00121. The molecule has 1 aliphatic rings. The van der Waals surface area contributed by atoms with Crippen LogP contribution in [0.15, 0.2) is 36.5 Å². The summed E-state index contributed by atoms with van der Waals surface area (Å²) in [6.45, 7) is 1.35. The minimum atomic E-state index is -0.00121. The van der Waals surface area contributed by atoms with Crippen molar-refractivity contribution in [2.24, 2.45) is 0 Å². The molecule has 0 unspecified atom stereocenters. The van der Waals surface area contributed by atoms with Crippen LogP contribution in [0, 0.1) is 0 Å². The summed E-state index contributed by atoms with van der Waals surface area (Å²) < 4.78 is 13.7. The second-order valence-corrected chi connectivity index (χ2v) is 6.21. The molecule has 2 heterocycles. The maximum absolute atomic E-state index is 12.2. The Kier molecular flexibility index (Phi) is 5.25. The molecule has 3 rings (SSSR count). The zero-order chi connectivity index (χ0) is 16.1. The third-order valence-corrected chi connectivity index (χ3v) is 4.50. The van der Waals surface area contributed by atoms with Crippen LogP contribution >= 0.6 is 23.3 Å². The molecular formula is C16H16ClN3O2S. The molecule has 120 valence electrons. The average Bonchev–Trinajstić information content (AvgIpc) is 3.07. The molecule has 0 saturated carbocycles. The summed E-state index contributed by atoms with van der Waals surface area (Å²) in [7, 11) is 0. The van der Waals surface area contributed by atoms with Gasteiger partial charge >= 0.3 is 0 Å². The minimum Gasteiger partial charge on any atom is -0.472 e. The normalized spacial score (nSPS) is 16.0. The zero-order valence-corrected chi connectivity index (χ0v) is 14.0. The van der Waals surface area contributed by atoms with Gasteiger partial charge in [0.2, 0.25) is 11.8 Å². The number of halogens is 1. The van der Waals surface area contributed by atoms with Crippen molar-refractivity contribution in [2.45, 2.75) is 18.9 Å². The van der Waals surface area contributed by atoms with Crippen LogP contribution in [0.5, 0.6) is 5.88 Å². The van der Waals surface area contributed by atoms with E-state index in [1.165, 1.54) is 0 Å². The first-order valence-electron chi connectivity index (χ1n) is 7.38. The van der Waals surface area contributed by atoms with Gasteiger partial charge in [0.15, 0.2) is 0 Å². The Morgan fingerprint density at radius 2 is 2.13 bits per heavy atom. The highest BCUT2D eigenvalue weighted by Crippen LogP contribution is 2.19. The van der Waals surface area contributed by atoms with E-state index in [-0.39, 0.29) is 12.0 Å². The lowest BCUT2D eigenvalue weighted by molar-refractivity contribution is -0.127. The van der Waals surface area contributed by atoms with Crippen LogP contribution in [0.4, 0.5) is 0 Å². The SMILES string of the molecule is O=C(/C=C/c1ccccc1Cl)N1CCC(Oc2cnsn2)CC1. The maximum Gasteiger partial charge on any atom is 0.246 e. The van der Waals surface area contributed by atoms with Crippen LogP contribution < -0.4 is 4.74 Å². The lowest BCUT2D eigenvalue weighted by atomic mass is 10.1. The van der Waals surface area contributed by atoms with E-state index in [4.69, 9.17) is 16.3 Å². The zero-order valence-electron chi connectivity index (χ0n) is 12.4. The van der Waals surface area contributed by atoms with Gasteiger partial charge in [0.05, 0.1) is 11.7 Å². The van der Waals surface area contributed by atoms with E-state index in [0.717, 1.165) is 30.1 Å². The van der Waals surface area contributed by atoms with Gasteiger partial charge in [0, 0.05) is 37.0 Å². The van der Waals surface area contributed by atoms with Crippen LogP contribution in [0.3, 0.4) is 0 Å². The molecule has 2 aromatic rings. The van der Waals surface area contributed by atoms with Gasteiger partial charge in [-0.1, -0.05) is 29.8 Å². The summed E-state index contributed by atoms with van der Waals surface area (Å²) in [5.41, 5.74) is 0.844. The smallest absolute Gasteiger partial charge is 0.246 e. The average molecular weight is 350 g/mol. The molecule has 1 saturated heterocycles. The predicted molar refractivity (Wildman–Crippen MR) is 90.6 cm³/mol. The summed E-state index contributed by atoms with van der Waals surface area (Å²) >= 11 is 7.21. The highest BCUT2D eigenvalue weighted by molar-refractivity contribution is 6.99. The number of hydrogen-bond donors (Lipinski definition) is 0. The van der Waals surface area contributed by atoms with Crippen LogP contribution in [0.2, 0.25) is 5.02 Å². The van der Waals surface area contributed by atoms with Crippen LogP contribution in [0.25, 0.3) is 6.08 Å². The summed E-state index contributed by atoms with van der Waals surface area (Å²) in [6.07, 6.45) is 6.64.